The maximum absolute atomic E-state index is 12.7. The molecule has 4 heterocycles. The van der Waals surface area contributed by atoms with E-state index in [4.69, 9.17) is 32.5 Å². The van der Waals surface area contributed by atoms with E-state index in [2.05, 4.69) is 54.4 Å². The second kappa shape index (κ2) is 28.7. The fourth-order valence-corrected chi connectivity index (χ4v) is 6.72. The predicted octanol–water partition coefficient (Wildman–Crippen LogP) is 4.08. The number of nitrogen functional groups attached to an aromatic ring is 2. The molecule has 0 aliphatic carbocycles. The number of aromatic nitrogens is 6. The first-order valence-electron chi connectivity index (χ1n) is 21.5. The summed E-state index contributed by atoms with van der Waals surface area (Å²) in [6.07, 6.45) is 14.6. The number of halogens is 2. The number of hydrogen-bond acceptors (Lipinski definition) is 11. The Kier molecular flexibility index (Phi) is 23.5. The number of amides is 3. The standard InChI is InChI=1S/C26H34ClN9O3.C16H21N3O2.C2H6.CH3Cl/c1-35-13-10-30-20(35)14-31-21(37)16-39-19-8-6-17(7-9-19)4-2-11-36-12-3-5-18(15-36)32-26(38)22-24(28)34-25(29)23(27)33-22;1-3-4-13-5-7-14(8-6-13)21-12-16(20)18-11-15-17-9-10-19(15)2;2*1-2/h6-10,13,18H,2-5,11-12,14-16H2,1H3,(H,31,37)(H,32,38)(H4,28,29,34);5-10H,3-4,11-12H2,1-2H3,(H,18,20);1-2H3;1H3/p+1. The van der Waals surface area contributed by atoms with Crippen molar-refractivity contribution in [2.75, 3.05) is 50.7 Å². The summed E-state index contributed by atoms with van der Waals surface area (Å²) in [6, 6.07) is 15.7. The fourth-order valence-electron chi connectivity index (χ4n) is 6.59. The van der Waals surface area contributed by atoms with Gasteiger partial charge in [0.2, 0.25) is 0 Å². The number of nitrogens with one attached hydrogen (secondary N) is 4. The second-order valence-electron chi connectivity index (χ2n) is 14.6. The second-order valence-corrected chi connectivity index (χ2v) is 14.9. The fraction of sp³-hybridized carbons (Fsp3) is 0.444. The Morgan fingerprint density at radius 3 is 1.80 bits per heavy atom. The minimum absolute atomic E-state index is 0.000935. The van der Waals surface area contributed by atoms with Crippen LogP contribution in [0.15, 0.2) is 73.3 Å². The number of aryl methyl sites for hydroxylation is 4. The van der Waals surface area contributed by atoms with Crippen molar-refractivity contribution in [3.63, 3.8) is 0 Å². The number of hydrogen-bond donors (Lipinski definition) is 6. The highest BCUT2D eigenvalue weighted by atomic mass is 35.5. The minimum Gasteiger partial charge on any atom is -0.484 e. The normalized spacial score (nSPS) is 13.9. The molecule has 0 saturated carbocycles. The quantitative estimate of drug-likeness (QED) is 0.0688. The van der Waals surface area contributed by atoms with Crippen LogP contribution in [-0.4, -0.2) is 92.1 Å². The van der Waals surface area contributed by atoms with Crippen molar-refractivity contribution < 1.29 is 28.8 Å². The highest BCUT2D eigenvalue weighted by Crippen LogP contribution is 2.18. The van der Waals surface area contributed by atoms with Crippen molar-refractivity contribution in [2.24, 2.45) is 14.1 Å². The summed E-state index contributed by atoms with van der Waals surface area (Å²) in [7, 11) is 3.77. The van der Waals surface area contributed by atoms with Gasteiger partial charge in [0.25, 0.3) is 17.7 Å². The van der Waals surface area contributed by atoms with Crippen molar-refractivity contribution in [3.8, 4) is 11.5 Å². The van der Waals surface area contributed by atoms with Crippen molar-refractivity contribution in [1.29, 1.82) is 0 Å². The number of benzene rings is 2. The van der Waals surface area contributed by atoms with E-state index < -0.39 is 0 Å². The van der Waals surface area contributed by atoms with E-state index in [0.29, 0.717) is 24.6 Å². The first-order chi connectivity index (χ1) is 31.0. The van der Waals surface area contributed by atoms with Gasteiger partial charge in [-0.3, -0.25) is 14.4 Å². The molecule has 3 amide bonds. The predicted molar refractivity (Wildman–Crippen MR) is 251 cm³/mol. The maximum atomic E-state index is 12.7. The Labute approximate surface area is 386 Å². The van der Waals surface area contributed by atoms with Gasteiger partial charge in [-0.2, -0.15) is 0 Å². The SMILES string of the molecule is CC.CCCc1ccc(OCC(=O)NCc2nccn2C)cc1.CCl.Cn1ccnc1CNC(=O)COc1ccc(CCC[NH+]2CCCC(NC(=O)c3nc(Cl)c(N)nc3N)C2)cc1. The molecular formula is C45H65Cl2N12O5+. The molecule has 348 valence electrons. The van der Waals surface area contributed by atoms with Gasteiger partial charge in [-0.05, 0) is 61.1 Å². The van der Waals surface area contributed by atoms with Crippen molar-refractivity contribution in [3.05, 3.63) is 107 Å². The molecule has 0 radical (unpaired) electrons. The Morgan fingerprint density at radius 2 is 1.31 bits per heavy atom. The largest absolute Gasteiger partial charge is 0.484 e. The lowest BCUT2D eigenvalue weighted by atomic mass is 10.0. The van der Waals surface area contributed by atoms with Crippen molar-refractivity contribution in [1.82, 2.24) is 45.0 Å². The average Bonchev–Trinajstić information content (AvgIpc) is 3.93. The molecule has 2 aromatic carbocycles. The molecule has 1 fully saturated rings. The average molecular weight is 925 g/mol. The molecular weight excluding hydrogens is 859 g/mol. The lowest BCUT2D eigenvalue weighted by molar-refractivity contribution is -0.906. The number of nitrogens with two attached hydrogens (primary N) is 2. The molecule has 19 heteroatoms. The molecule has 0 spiro atoms. The third kappa shape index (κ3) is 18.1. The van der Waals surface area contributed by atoms with Gasteiger partial charge in [-0.15, -0.1) is 11.6 Å². The van der Waals surface area contributed by atoms with Gasteiger partial charge >= 0.3 is 0 Å². The molecule has 3 aromatic heterocycles. The zero-order valence-electron chi connectivity index (χ0n) is 37.8. The summed E-state index contributed by atoms with van der Waals surface area (Å²) in [5.41, 5.74) is 13.9. The van der Waals surface area contributed by atoms with E-state index in [0.717, 1.165) is 69.8 Å². The van der Waals surface area contributed by atoms with Gasteiger partial charge in [0.05, 0.1) is 38.8 Å². The topological polar surface area (TPSA) is 224 Å². The first kappa shape index (κ1) is 52.4. The molecule has 0 bridgehead atoms. The smallest absolute Gasteiger partial charge is 0.274 e. The zero-order chi connectivity index (χ0) is 46.9. The van der Waals surface area contributed by atoms with Gasteiger partial charge in [-0.25, -0.2) is 19.9 Å². The molecule has 2 unspecified atom stereocenters. The summed E-state index contributed by atoms with van der Waals surface area (Å²) in [6.45, 7) is 9.76. The molecule has 5 aromatic rings. The lowest BCUT2D eigenvalue weighted by Gasteiger charge is -2.30. The van der Waals surface area contributed by atoms with Crippen LogP contribution in [0.2, 0.25) is 5.15 Å². The molecule has 8 N–H and O–H groups in total. The highest BCUT2D eigenvalue weighted by molar-refractivity contribution is 6.31. The number of anilines is 2. The van der Waals surface area contributed by atoms with Crippen LogP contribution in [0, 0.1) is 0 Å². The van der Waals surface area contributed by atoms with E-state index in [1.165, 1.54) is 22.4 Å². The molecule has 6 rings (SSSR count). The van der Waals surface area contributed by atoms with Crippen LogP contribution in [0.4, 0.5) is 11.6 Å². The number of carbonyl (C=O) groups is 3. The van der Waals surface area contributed by atoms with Crippen LogP contribution >= 0.6 is 23.2 Å². The van der Waals surface area contributed by atoms with Gasteiger partial charge in [0.15, 0.2) is 35.7 Å². The van der Waals surface area contributed by atoms with Crippen LogP contribution in [0.25, 0.3) is 0 Å². The number of quaternary nitrogens is 1. The van der Waals surface area contributed by atoms with Gasteiger partial charge in [0, 0.05) is 51.7 Å². The molecule has 17 nitrogen and oxygen atoms in total. The Balaban J connectivity index is 0.000000367. The van der Waals surface area contributed by atoms with E-state index in [9.17, 15) is 14.4 Å². The van der Waals surface area contributed by atoms with E-state index in [1.54, 1.807) is 12.4 Å². The number of rotatable bonds is 18. The Hall–Kier alpha value is -5.91. The third-order valence-corrected chi connectivity index (χ3v) is 10.2. The number of likely N-dealkylation sites (tertiary alicyclic amines) is 1. The molecule has 1 aliphatic rings. The third-order valence-electron chi connectivity index (χ3n) is 9.92. The Bertz CT molecular complexity index is 2150. The van der Waals surface area contributed by atoms with Crippen LogP contribution in [0.1, 0.15) is 79.7 Å². The molecule has 1 saturated heterocycles. The van der Waals surface area contributed by atoms with Crippen LogP contribution < -0.4 is 41.8 Å². The summed E-state index contributed by atoms with van der Waals surface area (Å²) >= 11 is 10.5. The van der Waals surface area contributed by atoms with E-state index in [-0.39, 0.29) is 59.5 Å². The monoisotopic (exact) mass is 923 g/mol. The van der Waals surface area contributed by atoms with Crippen LogP contribution in [0.3, 0.4) is 0 Å². The summed E-state index contributed by atoms with van der Waals surface area (Å²) in [4.78, 5) is 54.1. The molecule has 2 atom stereocenters. The highest BCUT2D eigenvalue weighted by Gasteiger charge is 2.26. The number of nitrogens with zero attached hydrogens (tertiary/aromatic N) is 6. The number of alkyl halides is 1. The summed E-state index contributed by atoms with van der Waals surface area (Å²) < 4.78 is 14.8. The zero-order valence-corrected chi connectivity index (χ0v) is 39.3. The number of ether oxygens (including phenoxy) is 2. The molecule has 1 aliphatic heterocycles. The van der Waals surface area contributed by atoms with Gasteiger partial charge in [-0.1, -0.05) is 63.1 Å². The minimum atomic E-state index is -0.388. The number of imidazole rings is 2. The van der Waals surface area contributed by atoms with Gasteiger partial charge < -0.3 is 50.9 Å². The Morgan fingerprint density at radius 1 is 0.797 bits per heavy atom. The summed E-state index contributed by atoms with van der Waals surface area (Å²) in [5.74, 6) is 2.18. The van der Waals surface area contributed by atoms with E-state index >= 15 is 0 Å². The lowest BCUT2D eigenvalue weighted by Crippen LogP contribution is -3.14. The maximum Gasteiger partial charge on any atom is 0.274 e. The first-order valence-corrected chi connectivity index (χ1v) is 22.6. The van der Waals surface area contributed by atoms with Crippen molar-refractivity contribution in [2.45, 2.75) is 78.4 Å². The van der Waals surface area contributed by atoms with E-state index in [1.807, 2.05) is 98.0 Å². The molecule has 64 heavy (non-hydrogen) atoms. The van der Waals surface area contributed by atoms with Gasteiger partial charge in [0.1, 0.15) is 23.1 Å². The summed E-state index contributed by atoms with van der Waals surface area (Å²) in [5, 5.41) is 8.56. The number of piperidine rings is 1. The number of carbonyl (C=O) groups excluding carboxylic acids is 3. The van der Waals surface area contributed by atoms with Crippen LogP contribution in [-0.2, 0) is 49.6 Å². The van der Waals surface area contributed by atoms with Crippen molar-refractivity contribution >= 4 is 52.6 Å². The van der Waals surface area contributed by atoms with Crippen LogP contribution in [0.5, 0.6) is 11.5 Å².